The van der Waals surface area contributed by atoms with Crippen LogP contribution >= 0.6 is 11.6 Å². The molecule has 4 nitrogen and oxygen atoms in total. The molecule has 5 heteroatoms. The topological polar surface area (TPSA) is 61.3 Å². The van der Waals surface area contributed by atoms with Crippen LogP contribution in [0.15, 0.2) is 35.0 Å². The van der Waals surface area contributed by atoms with E-state index in [4.69, 9.17) is 26.6 Å². The Bertz CT molecular complexity index is 456. The van der Waals surface area contributed by atoms with Gasteiger partial charge in [-0.25, -0.2) is 0 Å². The fourth-order valence-corrected chi connectivity index (χ4v) is 1.27. The molecule has 0 aliphatic heterocycles. The van der Waals surface area contributed by atoms with Gasteiger partial charge in [-0.05, 0) is 18.2 Å². The van der Waals surface area contributed by atoms with Crippen LogP contribution in [0.2, 0.25) is 5.02 Å². The maximum atomic E-state index is 5.80. The Kier molecular flexibility index (Phi) is 2.78. The van der Waals surface area contributed by atoms with Crippen LogP contribution in [0.1, 0.15) is 5.76 Å². The zero-order valence-electron chi connectivity index (χ0n) is 7.81. The Labute approximate surface area is 91.6 Å². The monoisotopic (exact) mass is 224 g/mol. The third-order valence-electron chi connectivity index (χ3n) is 1.84. The molecule has 0 saturated heterocycles. The van der Waals surface area contributed by atoms with E-state index in [-0.39, 0.29) is 6.61 Å². The van der Waals surface area contributed by atoms with Crippen molar-refractivity contribution in [3.05, 3.63) is 41.2 Å². The molecule has 0 atom stereocenters. The van der Waals surface area contributed by atoms with Gasteiger partial charge >= 0.3 is 0 Å². The van der Waals surface area contributed by atoms with Crippen molar-refractivity contribution >= 4 is 17.3 Å². The van der Waals surface area contributed by atoms with Crippen LogP contribution in [-0.2, 0) is 6.61 Å². The minimum Gasteiger partial charge on any atom is -0.485 e. The lowest BCUT2D eigenvalue weighted by Gasteiger charge is -2.03. The Morgan fingerprint density at radius 3 is 3.00 bits per heavy atom. The molecule has 78 valence electrons. The maximum absolute atomic E-state index is 5.80. The maximum Gasteiger partial charge on any atom is 0.196 e. The molecule has 2 aromatic rings. The van der Waals surface area contributed by atoms with Crippen LogP contribution in [0.5, 0.6) is 5.75 Å². The molecule has 2 N–H and O–H groups in total. The summed E-state index contributed by atoms with van der Waals surface area (Å²) in [6.07, 6.45) is 1.44. The molecule has 0 fully saturated rings. The number of hydrogen-bond acceptors (Lipinski definition) is 4. The summed E-state index contributed by atoms with van der Waals surface area (Å²) in [4.78, 5) is 0. The summed E-state index contributed by atoms with van der Waals surface area (Å²) < 4.78 is 10.3. The van der Waals surface area contributed by atoms with Gasteiger partial charge < -0.3 is 15.0 Å². The summed E-state index contributed by atoms with van der Waals surface area (Å²) in [6, 6.07) is 7.10. The Morgan fingerprint density at radius 2 is 2.33 bits per heavy atom. The summed E-state index contributed by atoms with van der Waals surface area (Å²) in [7, 11) is 0. The van der Waals surface area contributed by atoms with E-state index in [2.05, 4.69) is 5.16 Å². The van der Waals surface area contributed by atoms with Gasteiger partial charge in [0, 0.05) is 5.02 Å². The molecule has 1 heterocycles. The zero-order chi connectivity index (χ0) is 10.7. The summed E-state index contributed by atoms with van der Waals surface area (Å²) in [5, 5.41) is 4.17. The number of aromatic nitrogens is 1. The van der Waals surface area contributed by atoms with Crippen LogP contribution in [0.3, 0.4) is 0 Å². The van der Waals surface area contributed by atoms with Crippen LogP contribution in [-0.4, -0.2) is 5.16 Å². The summed E-state index contributed by atoms with van der Waals surface area (Å²) in [6.45, 7) is 0.242. The van der Waals surface area contributed by atoms with Crippen molar-refractivity contribution in [2.45, 2.75) is 6.61 Å². The van der Waals surface area contributed by atoms with Gasteiger partial charge in [-0.3, -0.25) is 0 Å². The number of nitrogens with zero attached hydrogens (tertiary/aromatic N) is 1. The molecule has 0 amide bonds. The molecule has 1 aromatic heterocycles. The predicted octanol–water partition coefficient (Wildman–Crippen LogP) is 2.49. The lowest BCUT2D eigenvalue weighted by molar-refractivity contribution is 0.250. The molecule has 0 aliphatic carbocycles. The molecule has 1 aromatic carbocycles. The molecule has 0 spiro atoms. The van der Waals surface area contributed by atoms with E-state index >= 15 is 0 Å². The SMILES string of the molecule is Nc1cnoc1COc1cccc(Cl)c1. The van der Waals surface area contributed by atoms with Gasteiger partial charge in [0.2, 0.25) is 0 Å². The van der Waals surface area contributed by atoms with E-state index in [9.17, 15) is 0 Å². The third-order valence-corrected chi connectivity index (χ3v) is 2.08. The van der Waals surface area contributed by atoms with E-state index < -0.39 is 0 Å². The molecule has 0 unspecified atom stereocenters. The predicted molar refractivity (Wildman–Crippen MR) is 56.7 cm³/mol. The molecule has 0 saturated carbocycles. The van der Waals surface area contributed by atoms with Gasteiger partial charge in [-0.1, -0.05) is 22.8 Å². The fourth-order valence-electron chi connectivity index (χ4n) is 1.09. The molecule has 0 bridgehead atoms. The minimum atomic E-state index is 0.242. The second-order valence-corrected chi connectivity index (χ2v) is 3.39. The quantitative estimate of drug-likeness (QED) is 0.870. The summed E-state index contributed by atoms with van der Waals surface area (Å²) in [5.74, 6) is 1.17. The van der Waals surface area contributed by atoms with Gasteiger partial charge in [0.05, 0.1) is 11.9 Å². The average molecular weight is 225 g/mol. The number of benzene rings is 1. The normalized spacial score (nSPS) is 10.2. The van der Waals surface area contributed by atoms with Crippen LogP contribution in [0, 0.1) is 0 Å². The molecular weight excluding hydrogens is 216 g/mol. The lowest BCUT2D eigenvalue weighted by atomic mass is 10.3. The van der Waals surface area contributed by atoms with E-state index in [1.54, 1.807) is 24.3 Å². The van der Waals surface area contributed by atoms with Crippen molar-refractivity contribution in [1.82, 2.24) is 5.16 Å². The van der Waals surface area contributed by atoms with Crippen LogP contribution in [0.25, 0.3) is 0 Å². The van der Waals surface area contributed by atoms with Crippen molar-refractivity contribution < 1.29 is 9.26 Å². The van der Waals surface area contributed by atoms with Gasteiger partial charge in [0.15, 0.2) is 12.4 Å². The summed E-state index contributed by atoms with van der Waals surface area (Å²) >= 11 is 5.80. The number of nitrogen functional groups attached to an aromatic ring is 1. The average Bonchev–Trinajstić information content (AvgIpc) is 2.61. The lowest BCUT2D eigenvalue weighted by Crippen LogP contribution is -1.97. The second kappa shape index (κ2) is 4.23. The highest BCUT2D eigenvalue weighted by molar-refractivity contribution is 6.30. The number of anilines is 1. The van der Waals surface area contributed by atoms with Crippen molar-refractivity contribution in [2.24, 2.45) is 0 Å². The second-order valence-electron chi connectivity index (χ2n) is 2.95. The molecule has 15 heavy (non-hydrogen) atoms. The van der Waals surface area contributed by atoms with Crippen LogP contribution in [0.4, 0.5) is 5.69 Å². The first-order chi connectivity index (χ1) is 7.25. The Balaban J connectivity index is 2.02. The first-order valence-electron chi connectivity index (χ1n) is 4.33. The highest BCUT2D eigenvalue weighted by atomic mass is 35.5. The number of hydrogen-bond donors (Lipinski definition) is 1. The van der Waals surface area contributed by atoms with Gasteiger partial charge in [-0.15, -0.1) is 0 Å². The highest BCUT2D eigenvalue weighted by Gasteiger charge is 2.05. The third kappa shape index (κ3) is 2.41. The van der Waals surface area contributed by atoms with Gasteiger partial charge in [-0.2, -0.15) is 0 Å². The molecule has 0 aliphatic rings. The molecular formula is C10H9ClN2O2. The van der Waals surface area contributed by atoms with Crippen molar-refractivity contribution in [3.63, 3.8) is 0 Å². The standard InChI is InChI=1S/C10H9ClN2O2/c11-7-2-1-3-8(4-7)14-6-10-9(12)5-13-15-10/h1-5H,6,12H2. The number of rotatable bonds is 3. The number of nitrogens with two attached hydrogens (primary N) is 1. The summed E-state index contributed by atoms with van der Waals surface area (Å²) in [5.41, 5.74) is 6.06. The van der Waals surface area contributed by atoms with E-state index in [0.717, 1.165) is 0 Å². The Morgan fingerprint density at radius 1 is 1.47 bits per heavy atom. The highest BCUT2D eigenvalue weighted by Crippen LogP contribution is 2.19. The first kappa shape index (κ1) is 9.86. The van der Waals surface area contributed by atoms with Crippen molar-refractivity contribution in [2.75, 3.05) is 5.73 Å². The largest absolute Gasteiger partial charge is 0.485 e. The van der Waals surface area contributed by atoms with E-state index in [1.807, 2.05) is 0 Å². The van der Waals surface area contributed by atoms with Gasteiger partial charge in [0.25, 0.3) is 0 Å². The van der Waals surface area contributed by atoms with E-state index in [0.29, 0.717) is 22.2 Å². The molecule has 0 radical (unpaired) electrons. The number of halogens is 1. The number of ether oxygens (including phenoxy) is 1. The van der Waals surface area contributed by atoms with Crippen molar-refractivity contribution in [3.8, 4) is 5.75 Å². The van der Waals surface area contributed by atoms with Crippen molar-refractivity contribution in [1.29, 1.82) is 0 Å². The zero-order valence-corrected chi connectivity index (χ0v) is 8.57. The minimum absolute atomic E-state index is 0.242. The van der Waals surface area contributed by atoms with Crippen LogP contribution < -0.4 is 10.5 Å². The van der Waals surface area contributed by atoms with E-state index in [1.165, 1.54) is 6.20 Å². The first-order valence-corrected chi connectivity index (χ1v) is 4.71. The molecule has 2 rings (SSSR count). The Hall–Kier alpha value is -1.68. The van der Waals surface area contributed by atoms with Gasteiger partial charge in [0.1, 0.15) is 5.75 Å². The smallest absolute Gasteiger partial charge is 0.196 e. The fraction of sp³-hybridized carbons (Fsp3) is 0.100.